The van der Waals surface area contributed by atoms with Gasteiger partial charge in [0.1, 0.15) is 11.9 Å². The molecule has 2 saturated heterocycles. The monoisotopic (exact) mass is 395 g/mol. The Morgan fingerprint density at radius 2 is 2.10 bits per heavy atom. The average Bonchev–Trinajstić information content (AvgIpc) is 3.29. The van der Waals surface area contributed by atoms with Crippen LogP contribution in [0.4, 0.5) is 10.2 Å². The molecule has 9 heteroatoms. The fourth-order valence-corrected chi connectivity index (χ4v) is 4.53. The third-order valence-corrected chi connectivity index (χ3v) is 6.09. The third-order valence-electron chi connectivity index (χ3n) is 6.09. The lowest BCUT2D eigenvalue weighted by Crippen LogP contribution is -2.64. The molecular weight excluding hydrogens is 373 g/mol. The van der Waals surface area contributed by atoms with Gasteiger partial charge in [0.15, 0.2) is 5.82 Å². The Labute approximate surface area is 167 Å². The summed E-state index contributed by atoms with van der Waals surface area (Å²) < 4.78 is 16.4. The molecule has 0 spiro atoms. The zero-order valence-corrected chi connectivity index (χ0v) is 16.0. The summed E-state index contributed by atoms with van der Waals surface area (Å²) in [6.45, 7) is 0.845. The molecule has 1 aromatic carbocycles. The second-order valence-electron chi connectivity index (χ2n) is 7.72. The summed E-state index contributed by atoms with van der Waals surface area (Å²) in [5.41, 5.74) is 1.82. The van der Waals surface area contributed by atoms with Crippen molar-refractivity contribution in [1.29, 1.82) is 0 Å². The first kappa shape index (κ1) is 18.0. The van der Waals surface area contributed by atoms with Gasteiger partial charge in [-0.2, -0.15) is 0 Å². The van der Waals surface area contributed by atoms with Crippen molar-refractivity contribution >= 4 is 5.82 Å². The number of rotatable bonds is 4. The first-order valence-electron chi connectivity index (χ1n) is 9.76. The van der Waals surface area contributed by atoms with E-state index < -0.39 is 6.17 Å². The second kappa shape index (κ2) is 7.07. The van der Waals surface area contributed by atoms with Crippen molar-refractivity contribution in [3.63, 3.8) is 0 Å². The molecule has 3 aliphatic rings. The van der Waals surface area contributed by atoms with Crippen molar-refractivity contribution in [3.8, 4) is 22.7 Å². The van der Waals surface area contributed by atoms with Crippen LogP contribution >= 0.6 is 0 Å². The Bertz CT molecular complexity index is 985. The van der Waals surface area contributed by atoms with E-state index in [2.05, 4.69) is 25.8 Å². The minimum Gasteiger partial charge on any atom is -0.507 e. The molecule has 2 aromatic heterocycles. The Kier molecular flexibility index (Phi) is 4.39. The molecule has 8 nitrogen and oxygen atoms in total. The topological polar surface area (TPSA) is 92.0 Å². The van der Waals surface area contributed by atoms with E-state index >= 15 is 0 Å². The largest absolute Gasteiger partial charge is 0.507 e. The zero-order valence-electron chi connectivity index (χ0n) is 16.0. The highest BCUT2D eigenvalue weighted by Gasteiger charge is 2.46. The zero-order chi connectivity index (χ0) is 20.0. The van der Waals surface area contributed by atoms with Crippen LogP contribution in [0.25, 0.3) is 16.9 Å². The Morgan fingerprint density at radius 1 is 1.21 bits per heavy atom. The molecule has 2 unspecified atom stereocenters. The van der Waals surface area contributed by atoms with Crippen LogP contribution in [0.1, 0.15) is 12.8 Å². The number of phenolic OH excluding ortho intramolecular Hbond substituents is 1. The molecule has 2 bridgehead atoms. The lowest BCUT2D eigenvalue weighted by atomic mass is 9.75. The number of nitrogens with one attached hydrogen (secondary N) is 1. The summed E-state index contributed by atoms with van der Waals surface area (Å²) >= 11 is 0. The molecule has 1 saturated carbocycles. The van der Waals surface area contributed by atoms with Crippen LogP contribution in [-0.4, -0.2) is 62.1 Å². The normalized spacial score (nSPS) is 25.9. The SMILES string of the molecule is CN(c1ccc(-c2ccc(-n3ccnn3)cc2O)nn1)[C@@H]1C2CCC(NC2)[C@H]1F. The summed E-state index contributed by atoms with van der Waals surface area (Å²) in [5.74, 6) is 0.982. The van der Waals surface area contributed by atoms with Crippen LogP contribution in [0.3, 0.4) is 0 Å². The maximum absolute atomic E-state index is 14.8. The maximum Gasteiger partial charge on any atom is 0.151 e. The predicted octanol–water partition coefficient (Wildman–Crippen LogP) is 1.95. The van der Waals surface area contributed by atoms with Crippen molar-refractivity contribution < 1.29 is 9.50 Å². The molecule has 6 rings (SSSR count). The van der Waals surface area contributed by atoms with Gasteiger partial charge in [0.05, 0.1) is 29.8 Å². The van der Waals surface area contributed by atoms with Gasteiger partial charge in [0.2, 0.25) is 0 Å². The van der Waals surface area contributed by atoms with Crippen LogP contribution in [0.2, 0.25) is 0 Å². The number of fused-ring (bicyclic) bond motifs is 3. The van der Waals surface area contributed by atoms with E-state index in [0.29, 0.717) is 22.8 Å². The number of hydrogen-bond acceptors (Lipinski definition) is 7. The van der Waals surface area contributed by atoms with Crippen LogP contribution in [0, 0.1) is 5.92 Å². The minimum atomic E-state index is -0.914. The second-order valence-corrected chi connectivity index (χ2v) is 7.72. The quantitative estimate of drug-likeness (QED) is 0.698. The predicted molar refractivity (Wildman–Crippen MR) is 106 cm³/mol. The number of hydrogen-bond donors (Lipinski definition) is 2. The van der Waals surface area contributed by atoms with Gasteiger partial charge in [-0.15, -0.1) is 15.3 Å². The van der Waals surface area contributed by atoms with E-state index in [1.165, 1.54) is 0 Å². The molecular formula is C20H22FN7O. The minimum absolute atomic E-state index is 0.0693. The van der Waals surface area contributed by atoms with Crippen LogP contribution in [0.15, 0.2) is 42.7 Å². The molecule has 1 aliphatic carbocycles. The lowest BCUT2D eigenvalue weighted by Gasteiger charge is -2.49. The third kappa shape index (κ3) is 3.11. The van der Waals surface area contributed by atoms with Gasteiger partial charge in [0, 0.05) is 31.3 Å². The van der Waals surface area contributed by atoms with Crippen molar-refractivity contribution in [2.24, 2.45) is 5.92 Å². The van der Waals surface area contributed by atoms with Crippen molar-refractivity contribution in [3.05, 3.63) is 42.7 Å². The van der Waals surface area contributed by atoms with Crippen molar-refractivity contribution in [2.75, 3.05) is 18.5 Å². The molecule has 0 radical (unpaired) electrons. The number of alkyl halides is 1. The Morgan fingerprint density at radius 3 is 2.72 bits per heavy atom. The number of aromatic nitrogens is 5. The summed E-state index contributed by atoms with van der Waals surface area (Å²) in [6.07, 6.45) is 4.28. The van der Waals surface area contributed by atoms with Gasteiger partial charge in [-0.3, -0.25) is 0 Å². The van der Waals surface area contributed by atoms with Gasteiger partial charge in [-0.05, 0) is 43.0 Å². The molecule has 3 fully saturated rings. The fraction of sp³-hybridized carbons (Fsp3) is 0.400. The molecule has 29 heavy (non-hydrogen) atoms. The first-order valence-corrected chi connectivity index (χ1v) is 9.76. The van der Waals surface area contributed by atoms with E-state index in [9.17, 15) is 9.50 Å². The van der Waals surface area contributed by atoms with Gasteiger partial charge in [-0.1, -0.05) is 5.21 Å². The van der Waals surface area contributed by atoms with Crippen molar-refractivity contribution in [1.82, 2.24) is 30.5 Å². The van der Waals surface area contributed by atoms with Gasteiger partial charge in [0.25, 0.3) is 0 Å². The molecule has 0 amide bonds. The highest BCUT2D eigenvalue weighted by atomic mass is 19.1. The standard InChI is InChI=1S/C20H22FN7O/c1-27(20-12-2-5-16(19(20)21)22-11-12)18-7-6-15(24-25-18)14-4-3-13(10-17(14)29)28-9-8-23-26-28/h3-4,6-10,12,16,19-20,22,29H,2,5,11H2,1H3/t12?,16?,19-,20-/m1/s1. The first-order chi connectivity index (χ1) is 14.1. The molecule has 150 valence electrons. The van der Waals surface area contributed by atoms with Gasteiger partial charge in [-0.25, -0.2) is 9.07 Å². The Hall–Kier alpha value is -3.07. The Balaban J connectivity index is 1.38. The molecule has 3 aromatic rings. The molecule has 4 atom stereocenters. The highest BCUT2D eigenvalue weighted by Crippen LogP contribution is 2.36. The molecule has 2 N–H and O–H groups in total. The smallest absolute Gasteiger partial charge is 0.151 e. The summed E-state index contributed by atoms with van der Waals surface area (Å²) in [7, 11) is 1.88. The number of benzene rings is 1. The van der Waals surface area contributed by atoms with E-state index in [-0.39, 0.29) is 23.8 Å². The number of phenols is 1. The highest BCUT2D eigenvalue weighted by molar-refractivity contribution is 5.69. The summed E-state index contributed by atoms with van der Waals surface area (Å²) in [6, 6.07) is 8.57. The van der Waals surface area contributed by atoms with E-state index in [1.807, 2.05) is 24.1 Å². The maximum atomic E-state index is 14.8. The van der Waals surface area contributed by atoms with E-state index in [1.54, 1.807) is 35.3 Å². The van der Waals surface area contributed by atoms with Crippen molar-refractivity contribution in [2.45, 2.75) is 31.1 Å². The fourth-order valence-electron chi connectivity index (χ4n) is 4.53. The average molecular weight is 395 g/mol. The number of halogens is 1. The number of anilines is 1. The summed E-state index contributed by atoms with van der Waals surface area (Å²) in [5, 5.41) is 30.0. The van der Waals surface area contributed by atoms with Crippen LogP contribution in [-0.2, 0) is 0 Å². The van der Waals surface area contributed by atoms with Crippen LogP contribution < -0.4 is 10.2 Å². The van der Waals surface area contributed by atoms with E-state index in [4.69, 9.17) is 0 Å². The molecule has 4 heterocycles. The van der Waals surface area contributed by atoms with E-state index in [0.717, 1.165) is 19.4 Å². The van der Waals surface area contributed by atoms with Gasteiger partial charge >= 0.3 is 0 Å². The molecule has 2 aliphatic heterocycles. The van der Waals surface area contributed by atoms with Crippen LogP contribution in [0.5, 0.6) is 5.75 Å². The summed E-state index contributed by atoms with van der Waals surface area (Å²) in [4.78, 5) is 1.91. The van der Waals surface area contributed by atoms with Gasteiger partial charge < -0.3 is 15.3 Å². The number of piperidine rings is 2. The lowest BCUT2D eigenvalue weighted by molar-refractivity contribution is 0.0702. The number of aromatic hydroxyl groups is 1. The number of nitrogens with zero attached hydrogens (tertiary/aromatic N) is 6.